The third-order valence-electron chi connectivity index (χ3n) is 3.18. The Morgan fingerprint density at radius 2 is 2.24 bits per heavy atom. The molecule has 3 unspecified atom stereocenters. The summed E-state index contributed by atoms with van der Waals surface area (Å²) in [5.74, 6) is 0.415. The number of rotatable bonds is 7. The molecule has 0 spiro atoms. The molecule has 0 aliphatic heterocycles. The zero-order valence-electron chi connectivity index (χ0n) is 11.3. The summed E-state index contributed by atoms with van der Waals surface area (Å²) in [7, 11) is 1.59. The molecule has 0 heterocycles. The van der Waals surface area contributed by atoms with Crippen LogP contribution in [0.5, 0.6) is 5.75 Å². The van der Waals surface area contributed by atoms with E-state index in [2.05, 4.69) is 15.9 Å². The SMILES string of the molecule is COCCOC1C(Cl)CC1Oc1cc([N+](=O)[O-])ccc1Br. The van der Waals surface area contributed by atoms with Gasteiger partial charge in [-0.05, 0) is 22.0 Å². The Labute approximate surface area is 135 Å². The molecule has 0 bridgehead atoms. The summed E-state index contributed by atoms with van der Waals surface area (Å²) in [6.45, 7) is 0.910. The second-order valence-electron chi connectivity index (χ2n) is 4.61. The molecule has 0 aromatic heterocycles. The van der Waals surface area contributed by atoms with Crippen LogP contribution in [0.1, 0.15) is 6.42 Å². The van der Waals surface area contributed by atoms with Gasteiger partial charge in [-0.25, -0.2) is 0 Å². The fraction of sp³-hybridized carbons (Fsp3) is 0.538. The number of halogens is 2. The van der Waals surface area contributed by atoms with Crippen LogP contribution in [-0.4, -0.2) is 42.8 Å². The molecule has 2 rings (SSSR count). The maximum atomic E-state index is 10.8. The lowest BCUT2D eigenvalue weighted by molar-refractivity contribution is -0.385. The van der Waals surface area contributed by atoms with Crippen LogP contribution in [0.2, 0.25) is 0 Å². The van der Waals surface area contributed by atoms with Crippen LogP contribution in [0.4, 0.5) is 5.69 Å². The number of hydrogen-bond acceptors (Lipinski definition) is 5. The number of benzene rings is 1. The molecule has 1 aromatic carbocycles. The number of nitro groups is 1. The molecule has 116 valence electrons. The predicted octanol–water partition coefficient (Wildman–Crippen LogP) is 3.15. The minimum absolute atomic E-state index is 0.0215. The largest absolute Gasteiger partial charge is 0.486 e. The first-order valence-corrected chi connectivity index (χ1v) is 7.61. The van der Waals surface area contributed by atoms with Crippen LogP contribution in [0, 0.1) is 10.1 Å². The Bertz CT molecular complexity index is 515. The molecule has 3 atom stereocenters. The zero-order valence-corrected chi connectivity index (χ0v) is 13.7. The molecule has 1 aromatic rings. The van der Waals surface area contributed by atoms with Crippen molar-refractivity contribution in [2.45, 2.75) is 24.0 Å². The molecule has 0 saturated heterocycles. The average Bonchev–Trinajstić information content (AvgIpc) is 2.44. The maximum Gasteiger partial charge on any atom is 0.273 e. The van der Waals surface area contributed by atoms with Crippen molar-refractivity contribution in [2.75, 3.05) is 20.3 Å². The van der Waals surface area contributed by atoms with Gasteiger partial charge in [-0.15, -0.1) is 11.6 Å². The molecule has 21 heavy (non-hydrogen) atoms. The van der Waals surface area contributed by atoms with Gasteiger partial charge in [-0.1, -0.05) is 0 Å². The zero-order chi connectivity index (χ0) is 15.4. The molecule has 0 N–H and O–H groups in total. The molecule has 0 radical (unpaired) electrons. The standard InChI is InChI=1S/C13H15BrClNO5/c1-19-4-5-20-13-10(15)7-12(13)21-11-6-8(16(17)18)2-3-9(11)14/h2-3,6,10,12-13H,4-5,7H2,1H3. The van der Waals surface area contributed by atoms with E-state index in [0.717, 1.165) is 0 Å². The molecule has 0 amide bonds. The average molecular weight is 381 g/mol. The Morgan fingerprint density at radius 3 is 2.86 bits per heavy atom. The van der Waals surface area contributed by atoms with Gasteiger partial charge < -0.3 is 14.2 Å². The third-order valence-corrected chi connectivity index (χ3v) is 4.26. The molecule has 6 nitrogen and oxygen atoms in total. The number of ether oxygens (including phenoxy) is 3. The summed E-state index contributed by atoms with van der Waals surface area (Å²) in [6, 6.07) is 4.39. The summed E-state index contributed by atoms with van der Waals surface area (Å²) in [4.78, 5) is 10.3. The summed E-state index contributed by atoms with van der Waals surface area (Å²) < 4.78 is 17.0. The summed E-state index contributed by atoms with van der Waals surface area (Å²) in [5, 5.41) is 10.7. The smallest absolute Gasteiger partial charge is 0.273 e. The van der Waals surface area contributed by atoms with Gasteiger partial charge in [0.05, 0.1) is 34.1 Å². The van der Waals surface area contributed by atoms with E-state index in [4.69, 9.17) is 25.8 Å². The van der Waals surface area contributed by atoms with E-state index >= 15 is 0 Å². The van der Waals surface area contributed by atoms with E-state index < -0.39 is 4.92 Å². The van der Waals surface area contributed by atoms with Crippen molar-refractivity contribution >= 4 is 33.2 Å². The first-order valence-electron chi connectivity index (χ1n) is 6.38. The van der Waals surface area contributed by atoms with Gasteiger partial charge in [0.15, 0.2) is 0 Å². The normalized spacial score (nSPS) is 24.4. The van der Waals surface area contributed by atoms with Crippen molar-refractivity contribution in [3.05, 3.63) is 32.8 Å². The van der Waals surface area contributed by atoms with Crippen molar-refractivity contribution in [2.24, 2.45) is 0 Å². The van der Waals surface area contributed by atoms with Crippen LogP contribution in [0.3, 0.4) is 0 Å². The van der Waals surface area contributed by atoms with Gasteiger partial charge in [0.25, 0.3) is 5.69 Å². The van der Waals surface area contributed by atoms with E-state index in [1.165, 1.54) is 12.1 Å². The number of nitrogens with zero attached hydrogens (tertiary/aromatic N) is 1. The molecule has 1 fully saturated rings. The van der Waals surface area contributed by atoms with E-state index in [0.29, 0.717) is 29.9 Å². The number of hydrogen-bond donors (Lipinski definition) is 0. The Morgan fingerprint density at radius 1 is 1.48 bits per heavy atom. The number of non-ortho nitro benzene ring substituents is 1. The number of nitro benzene ring substituents is 1. The van der Waals surface area contributed by atoms with Crippen molar-refractivity contribution in [3.8, 4) is 5.75 Å². The minimum Gasteiger partial charge on any atom is -0.486 e. The highest BCUT2D eigenvalue weighted by atomic mass is 79.9. The Hall–Kier alpha value is -0.890. The fourth-order valence-electron chi connectivity index (χ4n) is 1.98. The topological polar surface area (TPSA) is 70.8 Å². The Balaban J connectivity index is 2.00. The van der Waals surface area contributed by atoms with Crippen LogP contribution < -0.4 is 4.74 Å². The first kappa shape index (κ1) is 16.5. The molecular weight excluding hydrogens is 366 g/mol. The van der Waals surface area contributed by atoms with E-state index in [-0.39, 0.29) is 23.3 Å². The lowest BCUT2D eigenvalue weighted by atomic mass is 9.91. The molecule has 1 aliphatic rings. The fourth-order valence-corrected chi connectivity index (χ4v) is 2.73. The predicted molar refractivity (Wildman–Crippen MR) is 81.1 cm³/mol. The van der Waals surface area contributed by atoms with Gasteiger partial charge in [0.1, 0.15) is 18.0 Å². The van der Waals surface area contributed by atoms with Gasteiger partial charge >= 0.3 is 0 Å². The molecule has 1 saturated carbocycles. The molecular formula is C13H15BrClNO5. The van der Waals surface area contributed by atoms with Gasteiger partial charge in [-0.2, -0.15) is 0 Å². The molecule has 1 aliphatic carbocycles. The van der Waals surface area contributed by atoms with Crippen LogP contribution >= 0.6 is 27.5 Å². The highest BCUT2D eigenvalue weighted by Gasteiger charge is 2.43. The van der Waals surface area contributed by atoms with Crippen LogP contribution in [0.15, 0.2) is 22.7 Å². The minimum atomic E-state index is -0.461. The highest BCUT2D eigenvalue weighted by Crippen LogP contribution is 2.36. The van der Waals surface area contributed by atoms with Crippen molar-refractivity contribution in [1.29, 1.82) is 0 Å². The second-order valence-corrected chi connectivity index (χ2v) is 6.02. The summed E-state index contributed by atoms with van der Waals surface area (Å²) in [5.41, 5.74) is -0.0215. The first-order chi connectivity index (χ1) is 10.0. The number of methoxy groups -OCH3 is 1. The second kappa shape index (κ2) is 7.40. The summed E-state index contributed by atoms with van der Waals surface area (Å²) in [6.07, 6.45) is 0.171. The highest BCUT2D eigenvalue weighted by molar-refractivity contribution is 9.10. The Kier molecular flexibility index (Phi) is 5.80. The summed E-state index contributed by atoms with van der Waals surface area (Å²) >= 11 is 9.43. The van der Waals surface area contributed by atoms with E-state index in [1.54, 1.807) is 13.2 Å². The number of alkyl halides is 1. The monoisotopic (exact) mass is 379 g/mol. The van der Waals surface area contributed by atoms with Crippen LogP contribution in [0.25, 0.3) is 0 Å². The van der Waals surface area contributed by atoms with E-state index in [1.807, 2.05) is 0 Å². The van der Waals surface area contributed by atoms with Gasteiger partial charge in [-0.3, -0.25) is 10.1 Å². The van der Waals surface area contributed by atoms with Crippen molar-refractivity contribution < 1.29 is 19.1 Å². The van der Waals surface area contributed by atoms with Gasteiger partial charge in [0.2, 0.25) is 0 Å². The van der Waals surface area contributed by atoms with E-state index in [9.17, 15) is 10.1 Å². The third kappa shape index (κ3) is 4.06. The van der Waals surface area contributed by atoms with Crippen LogP contribution in [-0.2, 0) is 9.47 Å². The maximum absolute atomic E-state index is 10.8. The quantitative estimate of drug-likeness (QED) is 0.314. The lowest BCUT2D eigenvalue weighted by Gasteiger charge is -2.40. The lowest BCUT2D eigenvalue weighted by Crippen LogP contribution is -2.53. The van der Waals surface area contributed by atoms with Crippen molar-refractivity contribution in [1.82, 2.24) is 0 Å². The van der Waals surface area contributed by atoms with Gasteiger partial charge in [0, 0.05) is 19.6 Å². The molecule has 8 heteroatoms. The van der Waals surface area contributed by atoms with Crippen molar-refractivity contribution in [3.63, 3.8) is 0 Å².